The summed E-state index contributed by atoms with van der Waals surface area (Å²) in [6, 6.07) is 16.1. The average molecular weight is 376 g/mol. The maximum atomic E-state index is 12.9. The maximum absolute atomic E-state index is 12.9. The topological polar surface area (TPSA) is 63.6 Å². The van der Waals surface area contributed by atoms with E-state index in [1.807, 2.05) is 54.8 Å². The molecule has 4 rings (SSSR count). The Labute approximate surface area is 161 Å². The van der Waals surface area contributed by atoms with E-state index < -0.39 is 0 Å². The van der Waals surface area contributed by atoms with Crippen LogP contribution in [0.1, 0.15) is 27.4 Å². The van der Waals surface area contributed by atoms with Gasteiger partial charge in [0.05, 0.1) is 5.75 Å². The molecule has 0 amide bonds. The van der Waals surface area contributed by atoms with Crippen LogP contribution in [0, 0.1) is 20.8 Å². The first kappa shape index (κ1) is 17.5. The van der Waals surface area contributed by atoms with Gasteiger partial charge in [0.2, 0.25) is 0 Å². The van der Waals surface area contributed by atoms with Crippen LogP contribution in [-0.4, -0.2) is 31.3 Å². The third-order valence-electron chi connectivity index (χ3n) is 4.56. The molecular weight excluding hydrogens is 356 g/mol. The number of nitrogens with zero attached hydrogens (tertiary/aromatic N) is 3. The van der Waals surface area contributed by atoms with Crippen molar-refractivity contribution in [3.05, 3.63) is 71.2 Å². The number of hydrogen-bond acceptors (Lipinski definition) is 4. The third-order valence-corrected chi connectivity index (χ3v) is 5.49. The highest BCUT2D eigenvalue weighted by Crippen LogP contribution is 2.27. The van der Waals surface area contributed by atoms with Gasteiger partial charge < -0.3 is 4.98 Å². The molecule has 0 spiro atoms. The van der Waals surface area contributed by atoms with Crippen LogP contribution >= 0.6 is 11.8 Å². The predicted octanol–water partition coefficient (Wildman–Crippen LogP) is 4.65. The van der Waals surface area contributed by atoms with Gasteiger partial charge >= 0.3 is 0 Å². The second-order valence-corrected chi connectivity index (χ2v) is 7.53. The lowest BCUT2D eigenvalue weighted by Crippen LogP contribution is -2.06. The van der Waals surface area contributed by atoms with Gasteiger partial charge in [0.1, 0.15) is 5.82 Å². The van der Waals surface area contributed by atoms with Crippen molar-refractivity contribution in [1.29, 1.82) is 0 Å². The van der Waals surface area contributed by atoms with Crippen LogP contribution in [0.3, 0.4) is 0 Å². The van der Waals surface area contributed by atoms with E-state index in [2.05, 4.69) is 34.2 Å². The smallest absolute Gasteiger partial charge is 0.196 e. The number of carbonyl (C=O) groups excluding carboxylic acids is 1. The summed E-state index contributed by atoms with van der Waals surface area (Å²) < 4.78 is 1.99. The molecule has 0 aliphatic heterocycles. The number of nitrogens with one attached hydrogen (secondary N) is 1. The van der Waals surface area contributed by atoms with Crippen molar-refractivity contribution >= 4 is 28.4 Å². The Balaban J connectivity index is 1.61. The molecule has 0 bridgehead atoms. The molecule has 1 N–H and O–H groups in total. The number of aryl methyl sites for hydroxylation is 3. The maximum Gasteiger partial charge on any atom is 0.196 e. The van der Waals surface area contributed by atoms with Crippen molar-refractivity contribution in [3.63, 3.8) is 0 Å². The molecule has 0 aliphatic rings. The number of thioether (sulfide) groups is 1. The van der Waals surface area contributed by atoms with Crippen molar-refractivity contribution < 1.29 is 4.79 Å². The Morgan fingerprint density at radius 1 is 1.07 bits per heavy atom. The molecule has 2 heterocycles. The highest BCUT2D eigenvalue weighted by atomic mass is 32.2. The van der Waals surface area contributed by atoms with Crippen LogP contribution in [0.5, 0.6) is 0 Å². The van der Waals surface area contributed by atoms with Crippen LogP contribution < -0.4 is 0 Å². The number of para-hydroxylation sites is 1. The summed E-state index contributed by atoms with van der Waals surface area (Å²) in [4.78, 5) is 16.2. The van der Waals surface area contributed by atoms with E-state index in [-0.39, 0.29) is 5.78 Å². The molecule has 5 nitrogen and oxygen atoms in total. The van der Waals surface area contributed by atoms with Gasteiger partial charge in [-0.3, -0.25) is 9.36 Å². The number of hydrogen-bond donors (Lipinski definition) is 1. The zero-order valence-electron chi connectivity index (χ0n) is 15.5. The Bertz CT molecular complexity index is 1140. The van der Waals surface area contributed by atoms with Gasteiger partial charge in [-0.1, -0.05) is 42.1 Å². The highest BCUT2D eigenvalue weighted by molar-refractivity contribution is 7.99. The number of rotatable bonds is 5. The molecule has 4 aromatic rings. The standard InChI is InChI=1S/C21H20N4OS/c1-13-7-6-8-16(11-13)25-15(3)23-24-21(25)27-12-19(26)20-14(2)22-18-10-5-4-9-17(18)20/h4-11,22H,12H2,1-3H3. The SMILES string of the molecule is Cc1cccc(-n2c(C)nnc2SCC(=O)c2c(C)[nH]c3ccccc23)c1. The van der Waals surface area contributed by atoms with Crippen molar-refractivity contribution in [1.82, 2.24) is 19.7 Å². The van der Waals surface area contributed by atoms with Crippen LogP contribution in [0.2, 0.25) is 0 Å². The minimum Gasteiger partial charge on any atom is -0.358 e. The van der Waals surface area contributed by atoms with Gasteiger partial charge in [-0.25, -0.2) is 0 Å². The molecule has 0 aliphatic carbocycles. The van der Waals surface area contributed by atoms with Crippen LogP contribution in [-0.2, 0) is 0 Å². The summed E-state index contributed by atoms with van der Waals surface area (Å²) in [5, 5.41) is 10.2. The quantitative estimate of drug-likeness (QED) is 0.407. The zero-order valence-corrected chi connectivity index (χ0v) is 16.3. The largest absolute Gasteiger partial charge is 0.358 e. The van der Waals surface area contributed by atoms with Crippen molar-refractivity contribution in [3.8, 4) is 5.69 Å². The van der Waals surface area contributed by atoms with E-state index in [1.54, 1.807) is 0 Å². The first-order chi connectivity index (χ1) is 13.0. The van der Waals surface area contributed by atoms with E-state index in [9.17, 15) is 4.79 Å². The lowest BCUT2D eigenvalue weighted by molar-refractivity contribution is 0.102. The molecule has 6 heteroatoms. The molecule has 0 saturated carbocycles. The van der Waals surface area contributed by atoms with Crippen LogP contribution in [0.25, 0.3) is 16.6 Å². The molecule has 136 valence electrons. The van der Waals surface area contributed by atoms with Gasteiger partial charge in [0.15, 0.2) is 10.9 Å². The van der Waals surface area contributed by atoms with Crippen LogP contribution in [0.4, 0.5) is 0 Å². The molecule has 0 fully saturated rings. The molecule has 0 saturated heterocycles. The average Bonchev–Trinajstić information content (AvgIpc) is 3.18. The monoisotopic (exact) mass is 376 g/mol. The summed E-state index contributed by atoms with van der Waals surface area (Å²) in [6.45, 7) is 5.92. The number of benzene rings is 2. The lowest BCUT2D eigenvalue weighted by Gasteiger charge is -2.09. The van der Waals surface area contributed by atoms with E-state index in [4.69, 9.17) is 0 Å². The third kappa shape index (κ3) is 3.28. The number of ketones is 1. The van der Waals surface area contributed by atoms with E-state index in [0.29, 0.717) is 5.75 Å². The second-order valence-electron chi connectivity index (χ2n) is 6.59. The predicted molar refractivity (Wildman–Crippen MR) is 109 cm³/mol. The van der Waals surface area contributed by atoms with E-state index in [1.165, 1.54) is 17.3 Å². The number of Topliss-reactive ketones (excluding diaryl/α,β-unsaturated/α-hetero) is 1. The Morgan fingerprint density at radius 3 is 2.70 bits per heavy atom. The van der Waals surface area contributed by atoms with E-state index >= 15 is 0 Å². The minimum absolute atomic E-state index is 0.0893. The summed E-state index contributed by atoms with van der Waals surface area (Å²) >= 11 is 1.42. The van der Waals surface area contributed by atoms with Gasteiger partial charge in [-0.15, -0.1) is 10.2 Å². The first-order valence-corrected chi connectivity index (χ1v) is 9.75. The summed E-state index contributed by atoms with van der Waals surface area (Å²) in [5.74, 6) is 1.21. The number of aromatic nitrogens is 4. The zero-order chi connectivity index (χ0) is 19.0. The number of fused-ring (bicyclic) bond motifs is 1. The molecule has 2 aromatic carbocycles. The van der Waals surface area contributed by atoms with Crippen molar-refractivity contribution in [2.45, 2.75) is 25.9 Å². The normalized spacial score (nSPS) is 11.2. The van der Waals surface area contributed by atoms with Gasteiger partial charge in [-0.05, 0) is 44.5 Å². The number of aromatic amines is 1. The fraction of sp³-hybridized carbons (Fsp3) is 0.190. The summed E-state index contributed by atoms with van der Waals surface area (Å²) in [7, 11) is 0. The number of H-pyrrole nitrogens is 1. The minimum atomic E-state index is 0.0893. The highest BCUT2D eigenvalue weighted by Gasteiger charge is 2.18. The van der Waals surface area contributed by atoms with Crippen LogP contribution in [0.15, 0.2) is 53.7 Å². The van der Waals surface area contributed by atoms with E-state index in [0.717, 1.165) is 38.8 Å². The molecule has 0 radical (unpaired) electrons. The Morgan fingerprint density at radius 2 is 1.89 bits per heavy atom. The second kappa shape index (κ2) is 7.04. The number of carbonyl (C=O) groups is 1. The van der Waals surface area contributed by atoms with Gasteiger partial charge in [-0.2, -0.15) is 0 Å². The summed E-state index contributed by atoms with van der Waals surface area (Å²) in [5.41, 5.74) is 4.83. The van der Waals surface area contributed by atoms with Gasteiger partial charge in [0, 0.05) is 27.8 Å². The van der Waals surface area contributed by atoms with Crippen molar-refractivity contribution in [2.75, 3.05) is 5.75 Å². The van der Waals surface area contributed by atoms with Crippen molar-refractivity contribution in [2.24, 2.45) is 0 Å². The fourth-order valence-corrected chi connectivity index (χ4v) is 4.21. The fourth-order valence-electron chi connectivity index (χ4n) is 3.34. The first-order valence-electron chi connectivity index (χ1n) is 8.77. The Kier molecular flexibility index (Phi) is 4.58. The van der Waals surface area contributed by atoms with Gasteiger partial charge in [0.25, 0.3) is 0 Å². The molecule has 0 unspecified atom stereocenters. The molecular formula is C21H20N4OS. The summed E-state index contributed by atoms with van der Waals surface area (Å²) in [6.07, 6.45) is 0. The lowest BCUT2D eigenvalue weighted by atomic mass is 10.1. The molecule has 0 atom stereocenters. The molecule has 27 heavy (non-hydrogen) atoms. The molecule has 2 aromatic heterocycles. The Hall–Kier alpha value is -2.86.